The zero-order valence-electron chi connectivity index (χ0n) is 13.7. The summed E-state index contributed by atoms with van der Waals surface area (Å²) >= 11 is 0. The third-order valence-electron chi connectivity index (χ3n) is 3.84. The minimum Gasteiger partial charge on any atom is -0.378 e. The van der Waals surface area contributed by atoms with E-state index in [0.29, 0.717) is 22.2 Å². The Kier molecular flexibility index (Phi) is 4.18. The number of nitrogens with zero attached hydrogens (tertiary/aromatic N) is 4. The van der Waals surface area contributed by atoms with Crippen molar-refractivity contribution in [3.8, 4) is 6.07 Å². The van der Waals surface area contributed by atoms with Crippen LogP contribution in [0.2, 0.25) is 0 Å². The maximum absolute atomic E-state index is 11.1. The van der Waals surface area contributed by atoms with Crippen molar-refractivity contribution in [3.05, 3.63) is 64.3 Å². The van der Waals surface area contributed by atoms with E-state index in [2.05, 4.69) is 16.4 Å². The largest absolute Gasteiger partial charge is 0.378 e. The Morgan fingerprint density at radius 3 is 2.52 bits per heavy atom. The fourth-order valence-corrected chi connectivity index (χ4v) is 2.50. The minimum atomic E-state index is -0.464. The maximum atomic E-state index is 11.1. The molecule has 0 aliphatic carbocycles. The van der Waals surface area contributed by atoms with Gasteiger partial charge in [-0.25, -0.2) is 0 Å². The Hall–Kier alpha value is -3.66. The molecule has 7 heteroatoms. The van der Waals surface area contributed by atoms with E-state index in [1.54, 1.807) is 6.07 Å². The molecule has 0 bridgehead atoms. The molecule has 0 aliphatic rings. The lowest BCUT2D eigenvalue weighted by atomic mass is 10.1. The number of nitro groups is 1. The molecule has 0 fully saturated rings. The molecule has 0 saturated carbocycles. The molecule has 1 aromatic heterocycles. The van der Waals surface area contributed by atoms with Gasteiger partial charge in [-0.2, -0.15) is 5.26 Å². The maximum Gasteiger partial charge on any atom is 0.270 e. The normalized spacial score (nSPS) is 10.3. The van der Waals surface area contributed by atoms with Crippen LogP contribution in [0.3, 0.4) is 0 Å². The second-order valence-corrected chi connectivity index (χ2v) is 5.68. The summed E-state index contributed by atoms with van der Waals surface area (Å²) in [6.07, 6.45) is 1.46. The highest BCUT2D eigenvalue weighted by molar-refractivity contribution is 5.97. The van der Waals surface area contributed by atoms with E-state index in [4.69, 9.17) is 0 Å². The molecule has 0 amide bonds. The Bertz CT molecular complexity index is 991. The molecule has 3 aromatic rings. The molecule has 124 valence electrons. The van der Waals surface area contributed by atoms with Crippen molar-refractivity contribution in [2.24, 2.45) is 0 Å². The fourth-order valence-electron chi connectivity index (χ4n) is 2.50. The Balaban J connectivity index is 2.11. The molecule has 7 nitrogen and oxygen atoms in total. The molecule has 1 heterocycles. The molecule has 0 unspecified atom stereocenters. The van der Waals surface area contributed by atoms with E-state index in [1.165, 1.54) is 18.3 Å². The van der Waals surface area contributed by atoms with Crippen molar-refractivity contribution < 1.29 is 4.92 Å². The molecular weight excluding hydrogens is 318 g/mol. The number of pyridine rings is 1. The Morgan fingerprint density at radius 2 is 1.92 bits per heavy atom. The van der Waals surface area contributed by atoms with E-state index in [9.17, 15) is 15.4 Å². The van der Waals surface area contributed by atoms with Gasteiger partial charge in [-0.1, -0.05) is 0 Å². The van der Waals surface area contributed by atoms with Crippen LogP contribution in [0.4, 0.5) is 22.7 Å². The second-order valence-electron chi connectivity index (χ2n) is 5.68. The SMILES string of the molecule is CN(C)c1ccc(Nc2c(C#N)cnc3ccc([N+](=O)[O-])cc23)cc1. The molecule has 0 atom stereocenters. The number of aromatic nitrogens is 1. The number of nitro benzene ring substituents is 1. The Labute approximate surface area is 144 Å². The van der Waals surface area contributed by atoms with Crippen molar-refractivity contribution in [2.75, 3.05) is 24.3 Å². The van der Waals surface area contributed by atoms with Gasteiger partial charge in [-0.15, -0.1) is 0 Å². The minimum absolute atomic E-state index is 0.0459. The quantitative estimate of drug-likeness (QED) is 0.576. The number of rotatable bonds is 4. The van der Waals surface area contributed by atoms with E-state index in [1.807, 2.05) is 43.3 Å². The van der Waals surface area contributed by atoms with Crippen molar-refractivity contribution >= 4 is 33.7 Å². The summed E-state index contributed by atoms with van der Waals surface area (Å²) < 4.78 is 0. The molecule has 0 aliphatic heterocycles. The van der Waals surface area contributed by atoms with Gasteiger partial charge in [-0.3, -0.25) is 15.1 Å². The van der Waals surface area contributed by atoms with Crippen LogP contribution in [-0.2, 0) is 0 Å². The standard InChI is InChI=1S/C18H15N5O2/c1-22(2)14-5-3-13(4-6-14)21-18-12(10-19)11-20-17-8-7-15(23(24)25)9-16(17)18/h3-9,11H,1-2H3,(H,20,21). The lowest BCUT2D eigenvalue weighted by molar-refractivity contribution is -0.384. The van der Waals surface area contributed by atoms with Crippen LogP contribution >= 0.6 is 0 Å². The number of nitriles is 1. The molecule has 0 radical (unpaired) electrons. The summed E-state index contributed by atoms with van der Waals surface area (Å²) in [5, 5.41) is 24.2. The van der Waals surface area contributed by atoms with Gasteiger partial charge in [0.25, 0.3) is 5.69 Å². The number of hydrogen-bond acceptors (Lipinski definition) is 6. The summed E-state index contributed by atoms with van der Waals surface area (Å²) in [6, 6.07) is 14.2. The van der Waals surface area contributed by atoms with Gasteiger partial charge >= 0.3 is 0 Å². The predicted octanol–water partition coefficient (Wildman–Crippen LogP) is 3.82. The van der Waals surface area contributed by atoms with Crippen LogP contribution in [0.1, 0.15) is 5.56 Å². The molecule has 25 heavy (non-hydrogen) atoms. The zero-order valence-corrected chi connectivity index (χ0v) is 13.7. The number of anilines is 3. The van der Waals surface area contributed by atoms with Gasteiger partial charge in [0.15, 0.2) is 0 Å². The van der Waals surface area contributed by atoms with Gasteiger partial charge in [0.2, 0.25) is 0 Å². The smallest absolute Gasteiger partial charge is 0.270 e. The first-order valence-corrected chi connectivity index (χ1v) is 7.51. The number of hydrogen-bond donors (Lipinski definition) is 1. The molecule has 0 spiro atoms. The van der Waals surface area contributed by atoms with Crippen LogP contribution in [-0.4, -0.2) is 24.0 Å². The monoisotopic (exact) mass is 333 g/mol. The fraction of sp³-hybridized carbons (Fsp3) is 0.111. The van der Waals surface area contributed by atoms with Crippen molar-refractivity contribution in [2.45, 2.75) is 0 Å². The molecule has 3 rings (SSSR count). The topological polar surface area (TPSA) is 95.1 Å². The third kappa shape index (κ3) is 3.19. The highest BCUT2D eigenvalue weighted by Crippen LogP contribution is 2.31. The van der Waals surface area contributed by atoms with Crippen LogP contribution in [0, 0.1) is 21.4 Å². The first-order valence-electron chi connectivity index (χ1n) is 7.51. The first kappa shape index (κ1) is 16.2. The van der Waals surface area contributed by atoms with E-state index < -0.39 is 4.92 Å². The van der Waals surface area contributed by atoms with Gasteiger partial charge in [0.05, 0.1) is 21.7 Å². The van der Waals surface area contributed by atoms with Gasteiger partial charge in [-0.05, 0) is 30.3 Å². The average Bonchev–Trinajstić information content (AvgIpc) is 2.62. The van der Waals surface area contributed by atoms with Crippen LogP contribution in [0.15, 0.2) is 48.7 Å². The van der Waals surface area contributed by atoms with Crippen molar-refractivity contribution in [3.63, 3.8) is 0 Å². The third-order valence-corrected chi connectivity index (χ3v) is 3.84. The van der Waals surface area contributed by atoms with Crippen LogP contribution in [0.25, 0.3) is 10.9 Å². The van der Waals surface area contributed by atoms with E-state index in [-0.39, 0.29) is 5.69 Å². The average molecular weight is 333 g/mol. The van der Waals surface area contributed by atoms with E-state index >= 15 is 0 Å². The van der Waals surface area contributed by atoms with Crippen molar-refractivity contribution in [1.29, 1.82) is 5.26 Å². The lowest BCUT2D eigenvalue weighted by Gasteiger charge is -2.14. The van der Waals surface area contributed by atoms with Gasteiger partial charge in [0, 0.05) is 49.2 Å². The summed E-state index contributed by atoms with van der Waals surface area (Å²) in [5.74, 6) is 0. The van der Waals surface area contributed by atoms with Crippen LogP contribution in [0.5, 0.6) is 0 Å². The van der Waals surface area contributed by atoms with Gasteiger partial charge in [0.1, 0.15) is 6.07 Å². The molecule has 1 N–H and O–H groups in total. The Morgan fingerprint density at radius 1 is 1.20 bits per heavy atom. The highest BCUT2D eigenvalue weighted by atomic mass is 16.6. The molecule has 0 saturated heterocycles. The predicted molar refractivity (Wildman–Crippen MR) is 97.2 cm³/mol. The molecular formula is C18H15N5O2. The highest BCUT2D eigenvalue weighted by Gasteiger charge is 2.14. The zero-order chi connectivity index (χ0) is 18.0. The van der Waals surface area contributed by atoms with Crippen LogP contribution < -0.4 is 10.2 Å². The second kappa shape index (κ2) is 6.45. The number of benzene rings is 2. The molecule has 2 aromatic carbocycles. The summed E-state index contributed by atoms with van der Waals surface area (Å²) in [7, 11) is 3.90. The van der Waals surface area contributed by atoms with E-state index in [0.717, 1.165) is 11.4 Å². The summed E-state index contributed by atoms with van der Waals surface area (Å²) in [5.41, 5.74) is 3.19. The van der Waals surface area contributed by atoms with Gasteiger partial charge < -0.3 is 10.2 Å². The number of fused-ring (bicyclic) bond motifs is 1. The summed E-state index contributed by atoms with van der Waals surface area (Å²) in [6.45, 7) is 0. The first-order chi connectivity index (χ1) is 12.0. The van der Waals surface area contributed by atoms with Crippen molar-refractivity contribution in [1.82, 2.24) is 4.98 Å². The summed E-state index contributed by atoms with van der Waals surface area (Å²) in [4.78, 5) is 16.8. The number of non-ortho nitro benzene ring substituents is 1. The lowest BCUT2D eigenvalue weighted by Crippen LogP contribution is -2.08. The number of nitrogens with one attached hydrogen (secondary N) is 1.